The lowest BCUT2D eigenvalue weighted by Crippen LogP contribution is -2.18. The van der Waals surface area contributed by atoms with Crippen molar-refractivity contribution in [3.8, 4) is 22.3 Å². The Hall–Kier alpha value is -5.48. The fraction of sp³-hybridized carbons (Fsp3) is 0.122. The maximum absolute atomic E-state index is 7.14. The zero-order valence-electron chi connectivity index (χ0n) is 25.2. The zero-order chi connectivity index (χ0) is 30.0. The SMILES string of the molecule is CC1(C)c2ccccc2-c2cc(-c3cc4c(N)c(NC5C=CC=CC5)n5c4c(c3)c3ccc4oc6ccccc6c4c35)ccc21. The van der Waals surface area contributed by atoms with Crippen molar-refractivity contribution in [1.82, 2.24) is 4.40 Å². The standard InChI is InChI=1S/C41H31N3O/c1-41(2)32-14-8-6-12-26(32)29-20-23(16-18-33(29)41)24-21-30-27-17-19-35-36(28-13-7-9-15-34(28)45-35)39(27)44-38(30)31(22-24)37(42)40(44)43-25-10-4-3-5-11-25/h3-10,12-22,25,43H,11,42H2,1-2H3. The molecule has 10 rings (SSSR count). The lowest BCUT2D eigenvalue weighted by molar-refractivity contribution is 0.660. The van der Waals surface area contributed by atoms with Crippen LogP contribution in [-0.2, 0) is 5.41 Å². The van der Waals surface area contributed by atoms with E-state index in [-0.39, 0.29) is 11.5 Å². The quantitative estimate of drug-likeness (QED) is 0.218. The predicted octanol–water partition coefficient (Wildman–Crippen LogP) is 10.4. The highest BCUT2D eigenvalue weighted by atomic mass is 16.3. The molecule has 45 heavy (non-hydrogen) atoms. The average molecular weight is 582 g/mol. The van der Waals surface area contributed by atoms with Crippen molar-refractivity contribution in [2.24, 2.45) is 0 Å². The van der Waals surface area contributed by atoms with Gasteiger partial charge in [0.25, 0.3) is 0 Å². The van der Waals surface area contributed by atoms with Gasteiger partial charge >= 0.3 is 0 Å². The summed E-state index contributed by atoms with van der Waals surface area (Å²) in [5.74, 6) is 0.939. The van der Waals surface area contributed by atoms with Crippen molar-refractivity contribution in [2.45, 2.75) is 31.7 Å². The van der Waals surface area contributed by atoms with E-state index >= 15 is 0 Å². The van der Waals surface area contributed by atoms with Crippen molar-refractivity contribution in [3.63, 3.8) is 0 Å². The van der Waals surface area contributed by atoms with Crippen LogP contribution in [0.5, 0.6) is 0 Å². The zero-order valence-corrected chi connectivity index (χ0v) is 25.2. The van der Waals surface area contributed by atoms with Crippen molar-refractivity contribution in [3.05, 3.63) is 126 Å². The number of nitrogens with two attached hydrogens (primary N) is 1. The molecule has 3 aromatic heterocycles. The molecule has 0 aliphatic heterocycles. The Bertz CT molecular complexity index is 2590. The van der Waals surface area contributed by atoms with E-state index in [1.165, 1.54) is 44.2 Å². The second kappa shape index (κ2) is 8.58. The van der Waals surface area contributed by atoms with E-state index in [9.17, 15) is 0 Å². The number of nitrogens with one attached hydrogen (secondary N) is 1. The number of anilines is 2. The molecule has 2 aliphatic rings. The molecule has 4 heteroatoms. The fourth-order valence-corrected chi connectivity index (χ4v) is 8.19. The Morgan fingerprint density at radius 2 is 1.56 bits per heavy atom. The van der Waals surface area contributed by atoms with Gasteiger partial charge in [-0.25, -0.2) is 0 Å². The molecule has 0 spiro atoms. The minimum atomic E-state index is -0.0227. The van der Waals surface area contributed by atoms with Crippen LogP contribution in [0, 0.1) is 0 Å². The first-order valence-corrected chi connectivity index (χ1v) is 15.8. The van der Waals surface area contributed by atoms with Gasteiger partial charge in [0.05, 0.1) is 22.1 Å². The number of nitrogens with zero attached hydrogens (tertiary/aromatic N) is 1. The number of rotatable bonds is 3. The molecule has 5 aromatic carbocycles. The topological polar surface area (TPSA) is 55.6 Å². The minimum absolute atomic E-state index is 0.0227. The van der Waals surface area contributed by atoms with Crippen LogP contribution >= 0.6 is 0 Å². The van der Waals surface area contributed by atoms with E-state index in [0.29, 0.717) is 0 Å². The predicted molar refractivity (Wildman–Crippen MR) is 189 cm³/mol. The molecule has 8 aromatic rings. The molecule has 4 nitrogen and oxygen atoms in total. The number of furan rings is 1. The van der Waals surface area contributed by atoms with Gasteiger partial charge in [0.15, 0.2) is 0 Å². The van der Waals surface area contributed by atoms with Gasteiger partial charge in [-0.1, -0.05) is 92.7 Å². The van der Waals surface area contributed by atoms with Gasteiger partial charge in [-0.05, 0) is 76.2 Å². The molecule has 0 amide bonds. The van der Waals surface area contributed by atoms with Crippen LogP contribution in [0.15, 0.2) is 120 Å². The van der Waals surface area contributed by atoms with E-state index < -0.39 is 0 Å². The molecule has 0 saturated carbocycles. The van der Waals surface area contributed by atoms with Crippen LogP contribution in [0.1, 0.15) is 31.4 Å². The van der Waals surface area contributed by atoms with Gasteiger partial charge in [0.2, 0.25) is 0 Å². The lowest BCUT2D eigenvalue weighted by Gasteiger charge is -2.21. The Morgan fingerprint density at radius 3 is 2.44 bits per heavy atom. The Kier molecular flexibility index (Phi) is 4.75. The third-order valence-electron chi connectivity index (χ3n) is 10.4. The summed E-state index contributed by atoms with van der Waals surface area (Å²) < 4.78 is 8.72. The van der Waals surface area contributed by atoms with Crippen LogP contribution in [-0.4, -0.2) is 10.4 Å². The molecule has 0 bridgehead atoms. The molecule has 0 radical (unpaired) electrons. The first-order chi connectivity index (χ1) is 22.0. The van der Waals surface area contributed by atoms with Gasteiger partial charge in [0, 0.05) is 33.0 Å². The number of hydrogen-bond donors (Lipinski definition) is 2. The summed E-state index contributed by atoms with van der Waals surface area (Å²) in [6.45, 7) is 4.66. The Balaban J connectivity index is 1.29. The molecule has 3 N–H and O–H groups in total. The number of hydrogen-bond acceptors (Lipinski definition) is 3. The maximum Gasteiger partial charge on any atom is 0.137 e. The van der Waals surface area contributed by atoms with Gasteiger partial charge in [0.1, 0.15) is 17.0 Å². The van der Waals surface area contributed by atoms with Crippen molar-refractivity contribution < 1.29 is 4.42 Å². The monoisotopic (exact) mass is 581 g/mol. The molecular formula is C41H31N3O. The highest BCUT2D eigenvalue weighted by Crippen LogP contribution is 2.51. The highest BCUT2D eigenvalue weighted by molar-refractivity contribution is 6.29. The lowest BCUT2D eigenvalue weighted by atomic mass is 9.82. The van der Waals surface area contributed by atoms with Crippen LogP contribution < -0.4 is 11.1 Å². The molecule has 3 heterocycles. The summed E-state index contributed by atoms with van der Waals surface area (Å²) >= 11 is 0. The molecular weight excluding hydrogens is 550 g/mol. The summed E-state index contributed by atoms with van der Waals surface area (Å²) in [7, 11) is 0. The number of para-hydroxylation sites is 1. The van der Waals surface area contributed by atoms with E-state index in [4.69, 9.17) is 10.2 Å². The minimum Gasteiger partial charge on any atom is -0.456 e. The van der Waals surface area contributed by atoms with E-state index in [0.717, 1.165) is 56.3 Å². The largest absolute Gasteiger partial charge is 0.456 e. The maximum atomic E-state index is 7.14. The Morgan fingerprint density at radius 1 is 0.733 bits per heavy atom. The van der Waals surface area contributed by atoms with Crippen LogP contribution in [0.25, 0.3) is 71.4 Å². The summed E-state index contributed by atoms with van der Waals surface area (Å²) in [6, 6.07) is 33.3. The summed E-state index contributed by atoms with van der Waals surface area (Å²) in [5.41, 5.74) is 19.7. The van der Waals surface area contributed by atoms with Crippen molar-refractivity contribution in [2.75, 3.05) is 11.1 Å². The third-order valence-corrected chi connectivity index (χ3v) is 10.4. The van der Waals surface area contributed by atoms with E-state index in [1.807, 2.05) is 12.1 Å². The van der Waals surface area contributed by atoms with Gasteiger partial charge in [-0.15, -0.1) is 0 Å². The molecule has 1 unspecified atom stereocenters. The van der Waals surface area contributed by atoms with Crippen LogP contribution in [0.2, 0.25) is 0 Å². The summed E-state index contributed by atoms with van der Waals surface area (Å²) in [4.78, 5) is 0. The molecule has 216 valence electrons. The van der Waals surface area contributed by atoms with E-state index in [2.05, 4.69) is 127 Å². The van der Waals surface area contributed by atoms with Gasteiger partial charge < -0.3 is 15.5 Å². The Labute approximate surface area is 260 Å². The molecule has 0 fully saturated rings. The molecule has 2 aliphatic carbocycles. The number of fused-ring (bicyclic) bond motifs is 10. The highest BCUT2D eigenvalue weighted by Gasteiger charge is 2.35. The third kappa shape index (κ3) is 3.21. The first-order valence-electron chi connectivity index (χ1n) is 15.8. The second-order valence-electron chi connectivity index (χ2n) is 13.2. The van der Waals surface area contributed by atoms with Gasteiger partial charge in [-0.2, -0.15) is 0 Å². The van der Waals surface area contributed by atoms with Crippen molar-refractivity contribution >= 4 is 60.6 Å². The van der Waals surface area contributed by atoms with Crippen LogP contribution in [0.3, 0.4) is 0 Å². The fourth-order valence-electron chi connectivity index (χ4n) is 8.19. The summed E-state index contributed by atoms with van der Waals surface area (Å²) in [5, 5.41) is 9.52. The number of benzene rings is 5. The number of allylic oxidation sites excluding steroid dienone is 2. The molecule has 0 saturated heterocycles. The van der Waals surface area contributed by atoms with E-state index in [1.54, 1.807) is 0 Å². The first kappa shape index (κ1) is 24.9. The summed E-state index contributed by atoms with van der Waals surface area (Å²) in [6.07, 6.45) is 9.54. The number of aromatic nitrogens is 1. The number of nitrogen functional groups attached to an aromatic ring is 1. The second-order valence-corrected chi connectivity index (χ2v) is 13.2. The average Bonchev–Trinajstić information content (AvgIpc) is 3.76. The molecule has 1 atom stereocenters. The van der Waals surface area contributed by atoms with Crippen LogP contribution in [0.4, 0.5) is 11.5 Å². The normalized spacial score (nSPS) is 16.9. The van der Waals surface area contributed by atoms with Crippen molar-refractivity contribution in [1.29, 1.82) is 0 Å². The van der Waals surface area contributed by atoms with Gasteiger partial charge in [-0.3, -0.25) is 4.40 Å². The smallest absolute Gasteiger partial charge is 0.137 e.